The molecule has 0 radical (unpaired) electrons. The summed E-state index contributed by atoms with van der Waals surface area (Å²) < 4.78 is 7.46. The Kier molecular flexibility index (Phi) is 6.24. The summed E-state index contributed by atoms with van der Waals surface area (Å²) in [4.78, 5) is 16.8. The molecule has 3 heterocycles. The zero-order valence-corrected chi connectivity index (χ0v) is 17.2. The summed E-state index contributed by atoms with van der Waals surface area (Å²) in [7, 11) is 0. The van der Waals surface area contributed by atoms with Gasteiger partial charge in [0.15, 0.2) is 11.0 Å². The van der Waals surface area contributed by atoms with Crippen molar-refractivity contribution in [1.29, 1.82) is 0 Å². The summed E-state index contributed by atoms with van der Waals surface area (Å²) in [6.45, 7) is 2.82. The summed E-state index contributed by atoms with van der Waals surface area (Å²) in [5.41, 5.74) is 1.91. The van der Waals surface area contributed by atoms with Crippen LogP contribution in [0.3, 0.4) is 0 Å². The lowest BCUT2D eigenvalue weighted by molar-refractivity contribution is -0.120. The molecule has 1 amide bonds. The van der Waals surface area contributed by atoms with Crippen molar-refractivity contribution < 1.29 is 9.21 Å². The molecule has 0 spiro atoms. The lowest BCUT2D eigenvalue weighted by Crippen LogP contribution is -2.30. The summed E-state index contributed by atoms with van der Waals surface area (Å²) in [5, 5.41) is 12.0. The van der Waals surface area contributed by atoms with E-state index in [2.05, 4.69) is 20.5 Å². The van der Waals surface area contributed by atoms with Crippen molar-refractivity contribution >= 4 is 17.7 Å². The Hall–Kier alpha value is -3.39. The van der Waals surface area contributed by atoms with Gasteiger partial charge in [-0.2, -0.15) is 0 Å². The normalized spacial score (nSPS) is 11.9. The highest BCUT2D eigenvalue weighted by atomic mass is 32.2. The smallest absolute Gasteiger partial charge is 0.233 e. The Balaban J connectivity index is 1.51. The van der Waals surface area contributed by atoms with Crippen LogP contribution < -0.4 is 5.32 Å². The minimum Gasteiger partial charge on any atom is -0.467 e. The Bertz CT molecular complexity index is 1080. The monoisotopic (exact) mass is 419 g/mol. The van der Waals surface area contributed by atoms with Gasteiger partial charge in [0.2, 0.25) is 5.91 Å². The zero-order valence-electron chi connectivity index (χ0n) is 16.4. The van der Waals surface area contributed by atoms with E-state index in [-0.39, 0.29) is 11.2 Å². The maximum atomic E-state index is 12.6. The second-order valence-electron chi connectivity index (χ2n) is 6.68. The third-order valence-electron chi connectivity index (χ3n) is 4.49. The second-order valence-corrected chi connectivity index (χ2v) is 7.98. The van der Waals surface area contributed by atoms with Crippen molar-refractivity contribution in [2.45, 2.75) is 30.4 Å². The van der Waals surface area contributed by atoms with Crippen LogP contribution in [0.5, 0.6) is 0 Å². The van der Waals surface area contributed by atoms with Gasteiger partial charge in [-0.3, -0.25) is 14.3 Å². The van der Waals surface area contributed by atoms with Crippen LogP contribution in [0.1, 0.15) is 18.2 Å². The molecule has 7 nitrogen and oxygen atoms in total. The summed E-state index contributed by atoms with van der Waals surface area (Å²) in [6.07, 6.45) is 5.09. The highest BCUT2D eigenvalue weighted by Crippen LogP contribution is 2.27. The van der Waals surface area contributed by atoms with E-state index in [1.165, 1.54) is 11.8 Å². The minimum atomic E-state index is -0.338. The Morgan fingerprint density at radius 1 is 1.13 bits per heavy atom. The molecule has 3 aromatic heterocycles. The van der Waals surface area contributed by atoms with E-state index < -0.39 is 0 Å². The first-order chi connectivity index (χ1) is 14.7. The number of nitrogens with zero attached hydrogens (tertiary/aromatic N) is 4. The molecule has 1 atom stereocenters. The van der Waals surface area contributed by atoms with Gasteiger partial charge in [-0.25, -0.2) is 0 Å². The maximum Gasteiger partial charge on any atom is 0.233 e. The Morgan fingerprint density at radius 2 is 2.00 bits per heavy atom. The van der Waals surface area contributed by atoms with Gasteiger partial charge in [-0.1, -0.05) is 42.1 Å². The molecule has 8 heteroatoms. The largest absolute Gasteiger partial charge is 0.467 e. The fraction of sp³-hybridized carbons (Fsp3) is 0.182. The number of hydrogen-bond acceptors (Lipinski definition) is 6. The van der Waals surface area contributed by atoms with E-state index in [0.29, 0.717) is 24.1 Å². The van der Waals surface area contributed by atoms with E-state index in [1.807, 2.05) is 66.1 Å². The van der Waals surface area contributed by atoms with Crippen LogP contribution in [-0.2, 0) is 17.9 Å². The van der Waals surface area contributed by atoms with Crippen LogP contribution in [0.25, 0.3) is 11.4 Å². The molecule has 0 bridgehead atoms. The molecule has 0 saturated heterocycles. The molecule has 152 valence electrons. The third-order valence-corrected chi connectivity index (χ3v) is 5.57. The lowest BCUT2D eigenvalue weighted by Gasteiger charge is -2.13. The van der Waals surface area contributed by atoms with E-state index in [0.717, 1.165) is 16.9 Å². The number of hydrogen-bond donors (Lipinski definition) is 1. The number of benzene rings is 1. The third kappa shape index (κ3) is 4.77. The SMILES string of the molecule is CC(Sc1nnc(-c2cccnc2)n1Cc1ccco1)C(=O)NCc1ccccc1. The second kappa shape index (κ2) is 9.41. The van der Waals surface area contributed by atoms with Crippen LogP contribution in [0, 0.1) is 0 Å². The van der Waals surface area contributed by atoms with Gasteiger partial charge in [0.05, 0.1) is 18.1 Å². The van der Waals surface area contributed by atoms with Crippen molar-refractivity contribution in [3.05, 3.63) is 84.6 Å². The molecule has 0 aliphatic rings. The minimum absolute atomic E-state index is 0.0562. The number of pyridine rings is 1. The van der Waals surface area contributed by atoms with Crippen molar-refractivity contribution in [3.8, 4) is 11.4 Å². The van der Waals surface area contributed by atoms with Gasteiger partial charge >= 0.3 is 0 Å². The maximum absolute atomic E-state index is 12.6. The van der Waals surface area contributed by atoms with Crippen LogP contribution in [0.15, 0.2) is 82.8 Å². The van der Waals surface area contributed by atoms with Crippen molar-refractivity contribution in [2.24, 2.45) is 0 Å². The first-order valence-corrected chi connectivity index (χ1v) is 10.4. The fourth-order valence-corrected chi connectivity index (χ4v) is 3.80. The number of furan rings is 1. The van der Waals surface area contributed by atoms with Gasteiger partial charge in [0.25, 0.3) is 0 Å². The van der Waals surface area contributed by atoms with E-state index in [1.54, 1.807) is 18.7 Å². The summed E-state index contributed by atoms with van der Waals surface area (Å²) >= 11 is 1.37. The zero-order chi connectivity index (χ0) is 20.8. The fourth-order valence-electron chi connectivity index (χ4n) is 2.93. The van der Waals surface area contributed by atoms with Crippen LogP contribution >= 0.6 is 11.8 Å². The number of carbonyl (C=O) groups excluding carboxylic acids is 1. The molecular formula is C22H21N5O2S. The molecule has 30 heavy (non-hydrogen) atoms. The van der Waals surface area contributed by atoms with Crippen LogP contribution in [0.4, 0.5) is 0 Å². The topological polar surface area (TPSA) is 85.8 Å². The molecule has 1 N–H and O–H groups in total. The highest BCUT2D eigenvalue weighted by molar-refractivity contribution is 8.00. The average molecular weight is 420 g/mol. The standard InChI is InChI=1S/C22H21N5O2S/c1-16(21(28)24-13-17-7-3-2-4-8-17)30-22-26-25-20(18-9-5-11-23-14-18)27(22)15-19-10-6-12-29-19/h2-12,14,16H,13,15H2,1H3,(H,24,28). The molecule has 0 aliphatic carbocycles. The van der Waals surface area contributed by atoms with Gasteiger partial charge in [0, 0.05) is 24.5 Å². The molecule has 0 fully saturated rings. The molecule has 0 aliphatic heterocycles. The Morgan fingerprint density at radius 3 is 2.73 bits per heavy atom. The number of aromatic nitrogens is 4. The van der Waals surface area contributed by atoms with Crippen molar-refractivity contribution in [2.75, 3.05) is 0 Å². The summed E-state index contributed by atoms with van der Waals surface area (Å²) in [5.74, 6) is 1.40. The highest BCUT2D eigenvalue weighted by Gasteiger charge is 2.21. The number of thioether (sulfide) groups is 1. The molecule has 1 aromatic carbocycles. The predicted molar refractivity (Wildman–Crippen MR) is 115 cm³/mol. The van der Waals surface area contributed by atoms with Gasteiger partial charge < -0.3 is 9.73 Å². The van der Waals surface area contributed by atoms with Gasteiger partial charge in [-0.15, -0.1) is 10.2 Å². The first-order valence-electron chi connectivity index (χ1n) is 9.55. The number of rotatable bonds is 8. The molecule has 4 aromatic rings. The first kappa shape index (κ1) is 19.9. The average Bonchev–Trinajstić information content (AvgIpc) is 3.44. The van der Waals surface area contributed by atoms with E-state index in [9.17, 15) is 4.79 Å². The van der Waals surface area contributed by atoms with Crippen molar-refractivity contribution in [1.82, 2.24) is 25.1 Å². The number of carbonyl (C=O) groups is 1. The van der Waals surface area contributed by atoms with Crippen LogP contribution in [0.2, 0.25) is 0 Å². The lowest BCUT2D eigenvalue weighted by atomic mass is 10.2. The number of amides is 1. The quantitative estimate of drug-likeness (QED) is 0.438. The van der Waals surface area contributed by atoms with E-state index >= 15 is 0 Å². The molecular weight excluding hydrogens is 398 g/mol. The van der Waals surface area contributed by atoms with Gasteiger partial charge in [0.1, 0.15) is 5.76 Å². The van der Waals surface area contributed by atoms with Crippen molar-refractivity contribution in [3.63, 3.8) is 0 Å². The van der Waals surface area contributed by atoms with E-state index in [4.69, 9.17) is 4.42 Å². The summed E-state index contributed by atoms with van der Waals surface area (Å²) in [6, 6.07) is 17.4. The number of nitrogens with one attached hydrogen (secondary N) is 1. The Labute approximate surface area is 178 Å². The molecule has 1 unspecified atom stereocenters. The molecule has 0 saturated carbocycles. The molecule has 4 rings (SSSR count). The van der Waals surface area contributed by atoms with Gasteiger partial charge in [-0.05, 0) is 36.8 Å². The predicted octanol–water partition coefficient (Wildman–Crippen LogP) is 3.78. The van der Waals surface area contributed by atoms with Crippen LogP contribution in [-0.4, -0.2) is 30.9 Å².